The maximum atomic E-state index is 12.4. The quantitative estimate of drug-likeness (QED) is 0.614. The zero-order valence-electron chi connectivity index (χ0n) is 16.5. The Bertz CT molecular complexity index is 998. The van der Waals surface area contributed by atoms with Crippen LogP contribution in [0.3, 0.4) is 0 Å². The Morgan fingerprint density at radius 2 is 1.86 bits per heavy atom. The molecule has 0 aliphatic heterocycles. The number of carbonyl (C=O) groups excluding carboxylic acids is 1. The summed E-state index contributed by atoms with van der Waals surface area (Å²) in [5.41, 5.74) is 4.23. The topological polar surface area (TPSA) is 97.1 Å². The standard InChI is InChI=1S/C22H24N4O3/c1-15-7-6-8-17(11-15)12-18(22(28)29)14-23-21(27)13-20-16(2)26(25-24-20)19-9-4-3-5-10-19/h3-11,18H,12-14H2,1-2H3,(H,23,27)(H,28,29). The average Bonchev–Trinajstić information content (AvgIpc) is 3.06. The third-order valence-corrected chi connectivity index (χ3v) is 4.78. The van der Waals surface area contributed by atoms with Gasteiger partial charge < -0.3 is 10.4 Å². The van der Waals surface area contributed by atoms with Crippen molar-refractivity contribution in [1.29, 1.82) is 0 Å². The Morgan fingerprint density at radius 1 is 1.10 bits per heavy atom. The lowest BCUT2D eigenvalue weighted by molar-refractivity contribution is -0.141. The number of benzene rings is 2. The normalized spacial score (nSPS) is 11.8. The van der Waals surface area contributed by atoms with Gasteiger partial charge in [0.25, 0.3) is 0 Å². The third kappa shape index (κ3) is 5.28. The lowest BCUT2D eigenvalue weighted by Crippen LogP contribution is -2.35. The Labute approximate surface area is 169 Å². The van der Waals surface area contributed by atoms with E-state index in [2.05, 4.69) is 15.6 Å². The van der Waals surface area contributed by atoms with Crippen LogP contribution in [0.5, 0.6) is 0 Å². The summed E-state index contributed by atoms with van der Waals surface area (Å²) in [6.45, 7) is 3.88. The van der Waals surface area contributed by atoms with Crippen molar-refractivity contribution in [3.05, 3.63) is 77.1 Å². The van der Waals surface area contributed by atoms with E-state index in [9.17, 15) is 14.7 Å². The molecule has 0 fully saturated rings. The van der Waals surface area contributed by atoms with Crippen LogP contribution < -0.4 is 5.32 Å². The molecule has 0 saturated heterocycles. The van der Waals surface area contributed by atoms with Crippen LogP contribution in [0.15, 0.2) is 54.6 Å². The lowest BCUT2D eigenvalue weighted by atomic mass is 9.98. The fraction of sp³-hybridized carbons (Fsp3) is 0.273. The second-order valence-electron chi connectivity index (χ2n) is 7.08. The number of para-hydroxylation sites is 1. The number of aryl methyl sites for hydroxylation is 1. The number of aliphatic carboxylic acids is 1. The zero-order valence-corrected chi connectivity index (χ0v) is 16.5. The molecule has 0 spiro atoms. The number of hydrogen-bond donors (Lipinski definition) is 2. The molecule has 0 bridgehead atoms. The molecule has 0 aliphatic carbocycles. The third-order valence-electron chi connectivity index (χ3n) is 4.78. The van der Waals surface area contributed by atoms with Crippen molar-refractivity contribution in [3.8, 4) is 5.69 Å². The number of nitrogens with one attached hydrogen (secondary N) is 1. The highest BCUT2D eigenvalue weighted by atomic mass is 16.4. The summed E-state index contributed by atoms with van der Waals surface area (Å²) in [4.78, 5) is 24.0. The summed E-state index contributed by atoms with van der Waals surface area (Å²) in [6.07, 6.45) is 0.413. The summed E-state index contributed by atoms with van der Waals surface area (Å²) in [5.74, 6) is -1.90. The summed E-state index contributed by atoms with van der Waals surface area (Å²) in [6, 6.07) is 17.3. The first-order valence-corrected chi connectivity index (χ1v) is 9.45. The highest BCUT2D eigenvalue weighted by Gasteiger charge is 2.20. The number of carboxylic acid groups (broad SMARTS) is 1. The minimum absolute atomic E-state index is 0.0510. The molecule has 1 unspecified atom stereocenters. The summed E-state index contributed by atoms with van der Waals surface area (Å²) in [7, 11) is 0. The first-order chi connectivity index (χ1) is 13.9. The number of rotatable bonds is 8. The van der Waals surface area contributed by atoms with E-state index in [0.29, 0.717) is 12.1 Å². The molecular formula is C22H24N4O3. The molecule has 0 saturated carbocycles. The smallest absolute Gasteiger partial charge is 0.308 e. The van der Waals surface area contributed by atoms with Crippen molar-refractivity contribution in [3.63, 3.8) is 0 Å². The second-order valence-corrected chi connectivity index (χ2v) is 7.08. The number of carbonyl (C=O) groups is 2. The van der Waals surface area contributed by atoms with Crippen LogP contribution in [0.2, 0.25) is 0 Å². The molecule has 1 amide bonds. The molecule has 3 rings (SSSR count). The van der Waals surface area contributed by atoms with Gasteiger partial charge >= 0.3 is 5.97 Å². The molecule has 1 heterocycles. The van der Waals surface area contributed by atoms with Crippen LogP contribution in [-0.2, 0) is 22.4 Å². The van der Waals surface area contributed by atoms with Crippen molar-refractivity contribution < 1.29 is 14.7 Å². The Hall–Kier alpha value is -3.48. The molecule has 3 aromatic rings. The van der Waals surface area contributed by atoms with E-state index < -0.39 is 11.9 Å². The molecule has 1 atom stereocenters. The van der Waals surface area contributed by atoms with E-state index in [1.165, 1.54) is 0 Å². The molecule has 0 aliphatic rings. The van der Waals surface area contributed by atoms with E-state index in [4.69, 9.17) is 0 Å². The summed E-state index contributed by atoms with van der Waals surface area (Å²) >= 11 is 0. The van der Waals surface area contributed by atoms with Crippen molar-refractivity contribution in [2.45, 2.75) is 26.7 Å². The van der Waals surface area contributed by atoms with E-state index in [1.807, 2.05) is 68.4 Å². The average molecular weight is 392 g/mol. The largest absolute Gasteiger partial charge is 0.481 e. The van der Waals surface area contributed by atoms with Crippen LogP contribution in [0.25, 0.3) is 5.69 Å². The fourth-order valence-corrected chi connectivity index (χ4v) is 3.16. The van der Waals surface area contributed by atoms with Crippen LogP contribution in [0.4, 0.5) is 0 Å². The monoisotopic (exact) mass is 392 g/mol. The van der Waals surface area contributed by atoms with Crippen LogP contribution in [0.1, 0.15) is 22.5 Å². The summed E-state index contributed by atoms with van der Waals surface area (Å²) < 4.78 is 1.68. The second kappa shape index (κ2) is 9.14. The van der Waals surface area contributed by atoms with Gasteiger partial charge in [0.1, 0.15) is 0 Å². The van der Waals surface area contributed by atoms with Gasteiger partial charge in [0.2, 0.25) is 5.91 Å². The predicted octanol–water partition coefficient (Wildman–Crippen LogP) is 2.49. The van der Waals surface area contributed by atoms with Gasteiger partial charge in [0.15, 0.2) is 0 Å². The molecule has 29 heavy (non-hydrogen) atoms. The zero-order chi connectivity index (χ0) is 20.8. The van der Waals surface area contributed by atoms with Crippen LogP contribution in [-0.4, -0.2) is 38.5 Å². The highest BCUT2D eigenvalue weighted by Crippen LogP contribution is 2.13. The van der Waals surface area contributed by atoms with E-state index in [-0.39, 0.29) is 18.9 Å². The first kappa shape index (κ1) is 20.3. The number of carboxylic acids is 1. The Morgan fingerprint density at radius 3 is 2.55 bits per heavy atom. The molecular weight excluding hydrogens is 368 g/mol. The molecule has 2 N–H and O–H groups in total. The van der Waals surface area contributed by atoms with Gasteiger partial charge in [-0.15, -0.1) is 5.10 Å². The molecule has 7 nitrogen and oxygen atoms in total. The highest BCUT2D eigenvalue weighted by molar-refractivity contribution is 5.79. The van der Waals surface area contributed by atoms with Crippen LogP contribution >= 0.6 is 0 Å². The van der Waals surface area contributed by atoms with Crippen molar-refractivity contribution in [2.75, 3.05) is 6.54 Å². The number of aromatic nitrogens is 3. The fourth-order valence-electron chi connectivity index (χ4n) is 3.16. The Kier molecular flexibility index (Phi) is 6.39. The molecule has 150 valence electrons. The van der Waals surface area contributed by atoms with Gasteiger partial charge in [-0.3, -0.25) is 9.59 Å². The van der Waals surface area contributed by atoms with E-state index in [1.54, 1.807) is 4.68 Å². The van der Waals surface area contributed by atoms with Crippen molar-refractivity contribution >= 4 is 11.9 Å². The SMILES string of the molecule is Cc1cccc(CC(CNC(=O)Cc2nnn(-c3ccccc3)c2C)C(=O)O)c1. The van der Waals surface area contributed by atoms with Gasteiger partial charge in [0, 0.05) is 6.54 Å². The Balaban J connectivity index is 1.60. The van der Waals surface area contributed by atoms with Gasteiger partial charge in [-0.25, -0.2) is 4.68 Å². The lowest BCUT2D eigenvalue weighted by Gasteiger charge is -2.14. The predicted molar refractivity (Wildman–Crippen MR) is 109 cm³/mol. The number of amides is 1. The maximum Gasteiger partial charge on any atom is 0.308 e. The minimum Gasteiger partial charge on any atom is -0.481 e. The molecule has 1 aromatic heterocycles. The van der Waals surface area contributed by atoms with E-state index in [0.717, 1.165) is 22.5 Å². The summed E-state index contributed by atoms with van der Waals surface area (Å²) in [5, 5.41) is 20.5. The number of hydrogen-bond acceptors (Lipinski definition) is 4. The van der Waals surface area contributed by atoms with Gasteiger partial charge in [-0.05, 0) is 38.0 Å². The van der Waals surface area contributed by atoms with Gasteiger partial charge in [-0.1, -0.05) is 53.2 Å². The first-order valence-electron chi connectivity index (χ1n) is 9.45. The van der Waals surface area contributed by atoms with Crippen molar-refractivity contribution in [2.24, 2.45) is 5.92 Å². The maximum absolute atomic E-state index is 12.4. The van der Waals surface area contributed by atoms with Gasteiger partial charge in [-0.2, -0.15) is 0 Å². The van der Waals surface area contributed by atoms with Crippen LogP contribution in [0, 0.1) is 19.8 Å². The molecule has 7 heteroatoms. The number of nitrogens with zero attached hydrogens (tertiary/aromatic N) is 3. The van der Waals surface area contributed by atoms with Gasteiger partial charge in [0.05, 0.1) is 29.4 Å². The minimum atomic E-state index is -0.932. The molecule has 0 radical (unpaired) electrons. The molecule has 2 aromatic carbocycles. The van der Waals surface area contributed by atoms with E-state index >= 15 is 0 Å². The van der Waals surface area contributed by atoms with Crippen molar-refractivity contribution in [1.82, 2.24) is 20.3 Å².